The van der Waals surface area contributed by atoms with Crippen molar-refractivity contribution in [2.24, 2.45) is 22.6 Å². The smallest absolute Gasteiger partial charge is 0.122 e. The predicted molar refractivity (Wildman–Crippen MR) is 55.5 cm³/mol. The van der Waals surface area contributed by atoms with E-state index in [0.29, 0.717) is 17.0 Å². The second kappa shape index (κ2) is 3.18. The Morgan fingerprint density at radius 1 is 1.54 bits per heavy atom. The van der Waals surface area contributed by atoms with Gasteiger partial charge in [0.1, 0.15) is 5.16 Å². The van der Waals surface area contributed by atoms with E-state index in [1.165, 1.54) is 24.8 Å². The highest BCUT2D eigenvalue weighted by Gasteiger charge is 2.40. The third-order valence-electron chi connectivity index (χ3n) is 2.98. The number of hydrogen-bond donors (Lipinski definition) is 1. The first-order chi connectivity index (χ1) is 6.22. The lowest BCUT2D eigenvalue weighted by Gasteiger charge is -2.15. The van der Waals surface area contributed by atoms with E-state index in [2.05, 4.69) is 11.6 Å². The number of fused-ring (bicyclic) bond motifs is 2. The molecule has 2 N–H and O–H groups in total. The van der Waals surface area contributed by atoms with Gasteiger partial charge in [-0.1, -0.05) is 18.2 Å². The molecule has 13 heavy (non-hydrogen) atoms. The molecule has 2 bridgehead atoms. The molecule has 2 atom stereocenters. The van der Waals surface area contributed by atoms with Crippen LogP contribution in [-0.4, -0.2) is 5.71 Å². The second-order valence-electron chi connectivity index (χ2n) is 3.70. The van der Waals surface area contributed by atoms with E-state index in [0.717, 1.165) is 5.71 Å². The van der Waals surface area contributed by atoms with E-state index in [4.69, 9.17) is 17.3 Å². The first-order valence-electron chi connectivity index (χ1n) is 4.57. The number of aliphatic imine (C=N–C) groups is 1. The monoisotopic (exact) mass is 196 g/mol. The van der Waals surface area contributed by atoms with Gasteiger partial charge >= 0.3 is 0 Å². The number of nitrogens with two attached hydrogens (primary N) is 1. The summed E-state index contributed by atoms with van der Waals surface area (Å²) in [4.78, 5) is 4.25. The molecule has 0 aromatic heterocycles. The Morgan fingerprint density at radius 3 is 2.85 bits per heavy atom. The Bertz CT molecular complexity index is 304. The Hall–Kier alpha value is -0.760. The maximum atomic E-state index is 5.67. The van der Waals surface area contributed by atoms with Crippen molar-refractivity contribution < 1.29 is 0 Å². The van der Waals surface area contributed by atoms with Crippen LogP contribution in [0.3, 0.4) is 0 Å². The maximum Gasteiger partial charge on any atom is 0.122 e. The summed E-state index contributed by atoms with van der Waals surface area (Å²) >= 11 is 5.67. The van der Waals surface area contributed by atoms with Crippen molar-refractivity contribution in [3.05, 3.63) is 23.5 Å². The Balaban J connectivity index is 2.33. The summed E-state index contributed by atoms with van der Waals surface area (Å²) in [7, 11) is 0. The molecule has 0 spiro atoms. The first kappa shape index (κ1) is 8.82. The number of nitrogens with zero attached hydrogens (tertiary/aromatic N) is 1. The summed E-state index contributed by atoms with van der Waals surface area (Å²) in [5.74, 6) is 1.21. The lowest BCUT2D eigenvalue weighted by molar-refractivity contribution is 0.678. The van der Waals surface area contributed by atoms with Gasteiger partial charge in [-0.15, -0.1) is 0 Å². The van der Waals surface area contributed by atoms with Crippen LogP contribution < -0.4 is 5.73 Å². The minimum absolute atomic E-state index is 0.363. The first-order valence-corrected chi connectivity index (χ1v) is 4.95. The normalized spacial score (nSPS) is 37.6. The van der Waals surface area contributed by atoms with Crippen LogP contribution in [0, 0.1) is 11.8 Å². The lowest BCUT2D eigenvalue weighted by Crippen LogP contribution is -2.14. The summed E-state index contributed by atoms with van der Waals surface area (Å²) < 4.78 is 0. The number of halogens is 1. The molecule has 0 aromatic carbocycles. The minimum atomic E-state index is 0.363. The van der Waals surface area contributed by atoms with Crippen molar-refractivity contribution in [1.82, 2.24) is 0 Å². The van der Waals surface area contributed by atoms with Crippen LogP contribution in [-0.2, 0) is 0 Å². The average Bonchev–Trinajstić information content (AvgIpc) is 2.62. The van der Waals surface area contributed by atoms with E-state index in [9.17, 15) is 0 Å². The third kappa shape index (κ3) is 1.39. The van der Waals surface area contributed by atoms with E-state index in [1.54, 1.807) is 6.20 Å². The van der Waals surface area contributed by atoms with Gasteiger partial charge in [-0.25, -0.2) is 4.99 Å². The predicted octanol–water partition coefficient (Wildman–Crippen LogP) is 2.41. The van der Waals surface area contributed by atoms with Gasteiger partial charge in [0.05, 0.1) is 5.71 Å². The van der Waals surface area contributed by atoms with Crippen molar-refractivity contribution in [3.8, 4) is 0 Å². The highest BCUT2D eigenvalue weighted by molar-refractivity contribution is 6.30. The zero-order chi connectivity index (χ0) is 9.42. The minimum Gasteiger partial charge on any atom is -0.404 e. The molecule has 2 rings (SSSR count). The van der Waals surface area contributed by atoms with Crippen LogP contribution in [0.5, 0.6) is 0 Å². The molecule has 2 saturated carbocycles. The van der Waals surface area contributed by atoms with Crippen LogP contribution >= 0.6 is 11.6 Å². The topological polar surface area (TPSA) is 38.4 Å². The molecular weight excluding hydrogens is 184 g/mol. The quantitative estimate of drug-likeness (QED) is 0.643. The lowest BCUT2D eigenvalue weighted by atomic mass is 9.93. The summed E-state index contributed by atoms with van der Waals surface area (Å²) in [5, 5.41) is 0.363. The summed E-state index contributed by atoms with van der Waals surface area (Å²) in [6, 6.07) is 0. The molecule has 2 aliphatic rings. The van der Waals surface area contributed by atoms with Crippen molar-refractivity contribution in [3.63, 3.8) is 0 Å². The van der Waals surface area contributed by atoms with E-state index in [1.807, 2.05) is 0 Å². The maximum absolute atomic E-state index is 5.67. The molecule has 3 heteroatoms. The summed E-state index contributed by atoms with van der Waals surface area (Å²) in [6.07, 6.45) is 5.36. The number of hydrogen-bond acceptors (Lipinski definition) is 2. The van der Waals surface area contributed by atoms with Crippen molar-refractivity contribution >= 4 is 17.3 Å². The standard InChI is InChI=1S/C10H13ClN2/c1-6(11)13-10-8-3-2-7(4-8)9(10)5-12/h5,7-8H,1-4,12H2/b9-5-,13-10?. The van der Waals surface area contributed by atoms with E-state index >= 15 is 0 Å². The molecule has 2 fully saturated rings. The van der Waals surface area contributed by atoms with Gasteiger partial charge in [-0.2, -0.15) is 0 Å². The molecule has 70 valence electrons. The molecule has 2 unspecified atom stereocenters. The molecule has 2 aliphatic carbocycles. The van der Waals surface area contributed by atoms with Crippen molar-refractivity contribution in [1.29, 1.82) is 0 Å². The summed E-state index contributed by atoms with van der Waals surface area (Å²) in [6.45, 7) is 3.58. The van der Waals surface area contributed by atoms with Crippen LogP contribution in [0.15, 0.2) is 28.5 Å². The summed E-state index contributed by atoms with van der Waals surface area (Å²) in [5.41, 5.74) is 7.85. The van der Waals surface area contributed by atoms with Crippen LogP contribution in [0.25, 0.3) is 0 Å². The fourth-order valence-electron chi connectivity index (χ4n) is 2.47. The zero-order valence-electron chi connectivity index (χ0n) is 7.46. The molecule has 0 radical (unpaired) electrons. The molecule has 0 aliphatic heterocycles. The van der Waals surface area contributed by atoms with E-state index in [-0.39, 0.29) is 0 Å². The Kier molecular flexibility index (Phi) is 2.16. The highest BCUT2D eigenvalue weighted by atomic mass is 35.5. The largest absolute Gasteiger partial charge is 0.404 e. The number of allylic oxidation sites excluding steroid dienone is 1. The van der Waals surface area contributed by atoms with Gasteiger partial charge in [0.15, 0.2) is 0 Å². The van der Waals surface area contributed by atoms with Gasteiger partial charge in [0.25, 0.3) is 0 Å². The van der Waals surface area contributed by atoms with Crippen LogP contribution in [0.1, 0.15) is 19.3 Å². The molecular formula is C10H13ClN2. The highest BCUT2D eigenvalue weighted by Crippen LogP contribution is 2.46. The van der Waals surface area contributed by atoms with Gasteiger partial charge in [-0.05, 0) is 37.0 Å². The second-order valence-corrected chi connectivity index (χ2v) is 4.14. The Labute approximate surface area is 83.2 Å². The SMILES string of the molecule is C=C(Cl)N=C1/C(=C\N)C2CCC1C2. The van der Waals surface area contributed by atoms with Gasteiger partial charge in [-0.3, -0.25) is 0 Å². The van der Waals surface area contributed by atoms with Gasteiger partial charge in [0, 0.05) is 5.92 Å². The molecule has 0 heterocycles. The molecule has 0 amide bonds. The van der Waals surface area contributed by atoms with Crippen LogP contribution in [0.4, 0.5) is 0 Å². The van der Waals surface area contributed by atoms with Crippen LogP contribution in [0.2, 0.25) is 0 Å². The van der Waals surface area contributed by atoms with Crippen molar-refractivity contribution in [2.45, 2.75) is 19.3 Å². The zero-order valence-corrected chi connectivity index (χ0v) is 8.22. The molecule has 0 saturated heterocycles. The number of rotatable bonds is 1. The fraction of sp³-hybridized carbons (Fsp3) is 0.500. The van der Waals surface area contributed by atoms with Gasteiger partial charge in [0.2, 0.25) is 0 Å². The van der Waals surface area contributed by atoms with Crippen molar-refractivity contribution in [2.75, 3.05) is 0 Å². The molecule has 2 nitrogen and oxygen atoms in total. The van der Waals surface area contributed by atoms with Gasteiger partial charge < -0.3 is 5.73 Å². The third-order valence-corrected chi connectivity index (χ3v) is 3.06. The Morgan fingerprint density at radius 2 is 2.23 bits per heavy atom. The van der Waals surface area contributed by atoms with E-state index < -0.39 is 0 Å². The molecule has 0 aromatic rings. The average molecular weight is 197 g/mol. The fourth-order valence-corrected chi connectivity index (χ4v) is 2.56.